The molecule has 3 N–H and O–H groups in total. The van der Waals surface area contributed by atoms with Gasteiger partial charge in [0.2, 0.25) is 5.91 Å². The van der Waals surface area contributed by atoms with E-state index in [9.17, 15) is 9.59 Å². The van der Waals surface area contributed by atoms with Gasteiger partial charge in [0, 0.05) is 22.1 Å². The van der Waals surface area contributed by atoms with Gasteiger partial charge < -0.3 is 15.2 Å². The fraction of sp³-hybridized carbons (Fsp3) is 0.105. The van der Waals surface area contributed by atoms with E-state index in [-0.39, 0.29) is 11.5 Å². The molecule has 1 heterocycles. The maximum atomic E-state index is 12.4. The molecule has 2 aromatic carbocycles. The van der Waals surface area contributed by atoms with E-state index in [1.807, 2.05) is 17.5 Å². The summed E-state index contributed by atoms with van der Waals surface area (Å²) in [5.74, 6) is 0.261. The summed E-state index contributed by atoms with van der Waals surface area (Å²) in [4.78, 5) is 28.1. The first-order valence-electron chi connectivity index (χ1n) is 7.91. The molecule has 0 bridgehead atoms. The Bertz CT molecular complexity index is 1000. The Morgan fingerprint density at radius 2 is 1.78 bits per heavy atom. The highest BCUT2D eigenvalue weighted by molar-refractivity contribution is 7.14. The first-order chi connectivity index (χ1) is 13.0. The number of nitrogens with zero attached hydrogens (tertiary/aromatic N) is 1. The van der Waals surface area contributed by atoms with Gasteiger partial charge >= 0.3 is 0 Å². The van der Waals surface area contributed by atoms with Crippen molar-refractivity contribution in [1.29, 1.82) is 0 Å². The van der Waals surface area contributed by atoms with Gasteiger partial charge in [0.05, 0.1) is 19.9 Å². The minimum Gasteiger partial charge on any atom is -0.493 e. The van der Waals surface area contributed by atoms with Crippen molar-refractivity contribution in [3.8, 4) is 22.8 Å². The molecular weight excluding hydrogens is 366 g/mol. The van der Waals surface area contributed by atoms with Gasteiger partial charge in [-0.3, -0.25) is 14.9 Å². The van der Waals surface area contributed by atoms with Gasteiger partial charge in [-0.15, -0.1) is 11.3 Å². The number of carbonyl (C=O) groups is 2. The van der Waals surface area contributed by atoms with E-state index < -0.39 is 5.91 Å². The molecule has 0 atom stereocenters. The van der Waals surface area contributed by atoms with E-state index >= 15 is 0 Å². The van der Waals surface area contributed by atoms with Crippen LogP contribution in [0.1, 0.15) is 20.7 Å². The smallest absolute Gasteiger partial charge is 0.257 e. The minimum absolute atomic E-state index is 0.271. The van der Waals surface area contributed by atoms with Crippen LogP contribution in [0.2, 0.25) is 0 Å². The van der Waals surface area contributed by atoms with Crippen LogP contribution in [0.4, 0.5) is 5.13 Å². The lowest BCUT2D eigenvalue weighted by Gasteiger charge is -2.08. The summed E-state index contributed by atoms with van der Waals surface area (Å²) in [5, 5.41) is 5.00. The number of carbonyl (C=O) groups excluding carboxylic acids is 2. The number of amides is 2. The number of primary amides is 1. The summed E-state index contributed by atoms with van der Waals surface area (Å²) in [5.41, 5.74) is 7.38. The third-order valence-corrected chi connectivity index (χ3v) is 4.57. The van der Waals surface area contributed by atoms with Gasteiger partial charge in [0.15, 0.2) is 16.6 Å². The predicted octanol–water partition coefficient (Wildman–Crippen LogP) is 3.18. The van der Waals surface area contributed by atoms with Crippen molar-refractivity contribution in [2.24, 2.45) is 5.73 Å². The fourth-order valence-corrected chi connectivity index (χ4v) is 3.16. The zero-order valence-corrected chi connectivity index (χ0v) is 15.5. The Labute approximate surface area is 159 Å². The number of rotatable bonds is 6. The Hall–Kier alpha value is -3.39. The molecular formula is C19H17N3O4S. The molecule has 0 radical (unpaired) electrons. The number of anilines is 1. The van der Waals surface area contributed by atoms with Crippen LogP contribution >= 0.6 is 11.3 Å². The van der Waals surface area contributed by atoms with Crippen molar-refractivity contribution >= 4 is 28.3 Å². The summed E-state index contributed by atoms with van der Waals surface area (Å²) in [6.07, 6.45) is 0. The van der Waals surface area contributed by atoms with E-state index in [0.29, 0.717) is 27.9 Å². The zero-order valence-electron chi connectivity index (χ0n) is 14.7. The lowest BCUT2D eigenvalue weighted by molar-refractivity contribution is 0.1000. The van der Waals surface area contributed by atoms with Crippen molar-refractivity contribution in [2.45, 2.75) is 0 Å². The maximum absolute atomic E-state index is 12.4. The quantitative estimate of drug-likeness (QED) is 0.680. The normalized spacial score (nSPS) is 10.3. The standard InChI is InChI=1S/C19H17N3O4S/c1-25-15-7-6-11(9-16(15)26-2)14-10-27-19(21-14)22-18(24)13-5-3-4-12(8-13)17(20)23/h3-10H,1-2H3,(H2,20,23)(H,21,22,24). The van der Waals surface area contributed by atoms with Crippen molar-refractivity contribution in [2.75, 3.05) is 19.5 Å². The van der Waals surface area contributed by atoms with Gasteiger partial charge in [-0.25, -0.2) is 4.98 Å². The number of nitrogens with two attached hydrogens (primary N) is 1. The Balaban J connectivity index is 1.79. The number of thiazole rings is 1. The molecule has 0 saturated carbocycles. The number of hydrogen-bond donors (Lipinski definition) is 2. The molecule has 138 valence electrons. The number of benzene rings is 2. The molecule has 3 aromatic rings. The van der Waals surface area contributed by atoms with Gasteiger partial charge in [-0.05, 0) is 36.4 Å². The molecule has 0 fully saturated rings. The molecule has 0 saturated heterocycles. The van der Waals surface area contributed by atoms with Gasteiger partial charge in [-0.2, -0.15) is 0 Å². The number of aromatic nitrogens is 1. The topological polar surface area (TPSA) is 104 Å². The second kappa shape index (κ2) is 7.88. The Morgan fingerprint density at radius 3 is 2.48 bits per heavy atom. The molecule has 0 aliphatic heterocycles. The zero-order chi connectivity index (χ0) is 19.4. The van der Waals surface area contributed by atoms with E-state index in [1.165, 1.54) is 17.4 Å². The summed E-state index contributed by atoms with van der Waals surface area (Å²) in [6.45, 7) is 0. The number of hydrogen-bond acceptors (Lipinski definition) is 6. The largest absolute Gasteiger partial charge is 0.493 e. The van der Waals surface area contributed by atoms with E-state index in [4.69, 9.17) is 15.2 Å². The van der Waals surface area contributed by atoms with Crippen LogP contribution in [-0.2, 0) is 0 Å². The lowest BCUT2D eigenvalue weighted by Crippen LogP contribution is -2.15. The molecule has 2 amide bonds. The lowest BCUT2D eigenvalue weighted by atomic mass is 10.1. The molecule has 27 heavy (non-hydrogen) atoms. The molecule has 0 aliphatic carbocycles. The molecule has 0 unspecified atom stereocenters. The number of methoxy groups -OCH3 is 2. The minimum atomic E-state index is -0.588. The molecule has 8 heteroatoms. The summed E-state index contributed by atoms with van der Waals surface area (Å²) in [7, 11) is 3.13. The summed E-state index contributed by atoms with van der Waals surface area (Å²) >= 11 is 1.29. The molecule has 0 spiro atoms. The molecule has 3 rings (SSSR count). The third-order valence-electron chi connectivity index (χ3n) is 3.81. The van der Waals surface area contributed by atoms with E-state index in [1.54, 1.807) is 38.5 Å². The van der Waals surface area contributed by atoms with Gasteiger partial charge in [-0.1, -0.05) is 6.07 Å². The Kier molecular flexibility index (Phi) is 5.37. The van der Waals surface area contributed by atoms with Crippen LogP contribution in [0, 0.1) is 0 Å². The van der Waals surface area contributed by atoms with E-state index in [0.717, 1.165) is 5.56 Å². The SMILES string of the molecule is COc1ccc(-c2csc(NC(=O)c3cccc(C(N)=O)c3)n2)cc1OC. The number of nitrogens with one attached hydrogen (secondary N) is 1. The number of ether oxygens (including phenoxy) is 2. The fourth-order valence-electron chi connectivity index (χ4n) is 2.44. The van der Waals surface area contributed by atoms with Crippen LogP contribution in [-0.4, -0.2) is 31.0 Å². The first kappa shape index (κ1) is 18.4. The average molecular weight is 383 g/mol. The molecule has 0 aliphatic rings. The molecule has 1 aromatic heterocycles. The average Bonchev–Trinajstić information content (AvgIpc) is 3.15. The van der Waals surface area contributed by atoms with Crippen LogP contribution in [0.25, 0.3) is 11.3 Å². The van der Waals surface area contributed by atoms with Crippen LogP contribution in [0.5, 0.6) is 11.5 Å². The third kappa shape index (κ3) is 4.06. The van der Waals surface area contributed by atoms with Gasteiger partial charge in [0.1, 0.15) is 0 Å². The predicted molar refractivity (Wildman–Crippen MR) is 104 cm³/mol. The monoisotopic (exact) mass is 383 g/mol. The van der Waals surface area contributed by atoms with E-state index in [2.05, 4.69) is 10.3 Å². The van der Waals surface area contributed by atoms with Crippen molar-refractivity contribution in [3.63, 3.8) is 0 Å². The van der Waals surface area contributed by atoms with Crippen LogP contribution in [0.3, 0.4) is 0 Å². The second-order valence-corrected chi connectivity index (χ2v) is 6.36. The molecule has 7 nitrogen and oxygen atoms in total. The Morgan fingerprint density at radius 1 is 1.04 bits per heavy atom. The van der Waals surface area contributed by atoms with Crippen molar-refractivity contribution < 1.29 is 19.1 Å². The highest BCUT2D eigenvalue weighted by Gasteiger charge is 2.13. The highest BCUT2D eigenvalue weighted by Crippen LogP contribution is 2.33. The highest BCUT2D eigenvalue weighted by atomic mass is 32.1. The van der Waals surface area contributed by atoms with Crippen LogP contribution in [0.15, 0.2) is 47.8 Å². The van der Waals surface area contributed by atoms with Crippen molar-refractivity contribution in [1.82, 2.24) is 4.98 Å². The first-order valence-corrected chi connectivity index (χ1v) is 8.79. The maximum Gasteiger partial charge on any atom is 0.257 e. The summed E-state index contributed by atoms with van der Waals surface area (Å²) in [6, 6.07) is 11.7. The van der Waals surface area contributed by atoms with Gasteiger partial charge in [0.25, 0.3) is 5.91 Å². The second-order valence-electron chi connectivity index (χ2n) is 5.51. The van der Waals surface area contributed by atoms with Crippen LogP contribution < -0.4 is 20.5 Å². The van der Waals surface area contributed by atoms with Crippen molar-refractivity contribution in [3.05, 3.63) is 59.0 Å². The summed E-state index contributed by atoms with van der Waals surface area (Å²) < 4.78 is 10.5.